The van der Waals surface area contributed by atoms with Crippen LogP contribution in [0.2, 0.25) is 0 Å². The summed E-state index contributed by atoms with van der Waals surface area (Å²) in [5, 5.41) is 12.9. The molecule has 0 bridgehead atoms. The average Bonchev–Trinajstić information content (AvgIpc) is 3.44. The second-order valence-corrected chi connectivity index (χ2v) is 10.4. The molecule has 0 atom stereocenters. The van der Waals surface area contributed by atoms with E-state index in [9.17, 15) is 14.7 Å². The summed E-state index contributed by atoms with van der Waals surface area (Å²) in [5.74, 6) is 3.00. The van der Waals surface area contributed by atoms with E-state index in [0.717, 1.165) is 47.1 Å². The molecule has 1 aliphatic rings. The highest BCUT2D eigenvalue weighted by molar-refractivity contribution is 7.98. The summed E-state index contributed by atoms with van der Waals surface area (Å²) in [6, 6.07) is 12.6. The first kappa shape index (κ1) is 27.6. The number of carbonyl (C=O) groups excluding carboxylic acids is 2. The van der Waals surface area contributed by atoms with Crippen molar-refractivity contribution in [1.29, 1.82) is 0 Å². The fourth-order valence-corrected chi connectivity index (χ4v) is 5.36. The summed E-state index contributed by atoms with van der Waals surface area (Å²) < 4.78 is 10.8. The third-order valence-corrected chi connectivity index (χ3v) is 7.56. The molecule has 0 aliphatic carbocycles. The molecule has 0 saturated carbocycles. The molecule has 2 amide bonds. The quantitative estimate of drug-likeness (QED) is 0.342. The van der Waals surface area contributed by atoms with Crippen molar-refractivity contribution in [2.45, 2.75) is 44.8 Å². The molecule has 0 unspecified atom stereocenters. The molecule has 2 N–H and O–H groups in total. The number of hydrogen-bond acceptors (Lipinski definition) is 7. The lowest BCUT2D eigenvalue weighted by Crippen LogP contribution is -2.39. The predicted molar refractivity (Wildman–Crippen MR) is 148 cm³/mol. The highest BCUT2D eigenvalue weighted by atomic mass is 32.2. The lowest BCUT2D eigenvalue weighted by molar-refractivity contribution is -0.131. The van der Waals surface area contributed by atoms with E-state index in [1.165, 1.54) is 0 Å². The smallest absolute Gasteiger partial charge is 0.253 e. The van der Waals surface area contributed by atoms with E-state index < -0.39 is 0 Å². The Kier molecular flexibility index (Phi) is 9.70. The number of amides is 2. The van der Waals surface area contributed by atoms with Gasteiger partial charge in [-0.25, -0.2) is 0 Å². The molecule has 2 aromatic heterocycles. The van der Waals surface area contributed by atoms with Crippen LogP contribution in [-0.4, -0.2) is 58.8 Å². The number of thioether (sulfide) groups is 1. The number of aromatic nitrogens is 1. The molecule has 9 heteroatoms. The highest BCUT2D eigenvalue weighted by Gasteiger charge is 2.28. The topological polar surface area (TPSA) is 105 Å². The van der Waals surface area contributed by atoms with Crippen LogP contribution < -0.4 is 10.1 Å². The van der Waals surface area contributed by atoms with Crippen LogP contribution in [0.25, 0.3) is 0 Å². The van der Waals surface area contributed by atoms with Gasteiger partial charge in [0.1, 0.15) is 5.76 Å². The minimum Gasteiger partial charge on any atom is -0.504 e. The number of ether oxygens (including phenoxy) is 1. The van der Waals surface area contributed by atoms with Crippen LogP contribution in [-0.2, 0) is 17.0 Å². The number of pyridine rings is 1. The molecule has 1 fully saturated rings. The molecular weight excluding hydrogens is 502 g/mol. The molecule has 202 valence electrons. The zero-order valence-electron chi connectivity index (χ0n) is 21.9. The third kappa shape index (κ3) is 7.31. The number of phenolic OH excluding ortho intramolecular Hbond substituents is 1. The number of benzene rings is 1. The van der Waals surface area contributed by atoms with Gasteiger partial charge in [-0.15, -0.1) is 0 Å². The van der Waals surface area contributed by atoms with Gasteiger partial charge in [-0.3, -0.25) is 14.6 Å². The van der Waals surface area contributed by atoms with E-state index in [1.807, 2.05) is 43.0 Å². The van der Waals surface area contributed by atoms with Gasteiger partial charge in [0.15, 0.2) is 11.5 Å². The number of likely N-dealkylation sites (tertiary alicyclic amines) is 1. The Bertz CT molecular complexity index is 1220. The molecule has 8 nitrogen and oxygen atoms in total. The van der Waals surface area contributed by atoms with Gasteiger partial charge in [-0.2, -0.15) is 11.8 Å². The van der Waals surface area contributed by atoms with Gasteiger partial charge in [0.2, 0.25) is 5.91 Å². The van der Waals surface area contributed by atoms with Crippen LogP contribution in [0.1, 0.15) is 58.8 Å². The van der Waals surface area contributed by atoms with Gasteiger partial charge in [0.05, 0.1) is 36.3 Å². The average molecular weight is 538 g/mol. The van der Waals surface area contributed by atoms with Gasteiger partial charge in [0, 0.05) is 37.0 Å². The SMILES string of the molecule is CCOc1cc(CC(=O)N2CCC(c3nc(C)ccc3C(=O)NCCSCc3ccco3)CC2)ccc1O. The van der Waals surface area contributed by atoms with Crippen molar-refractivity contribution < 1.29 is 23.8 Å². The number of aromatic hydroxyl groups is 1. The maximum atomic E-state index is 13.0. The number of nitrogens with zero attached hydrogens (tertiary/aromatic N) is 2. The van der Waals surface area contributed by atoms with Gasteiger partial charge in [0.25, 0.3) is 5.91 Å². The normalized spacial score (nSPS) is 13.9. The minimum absolute atomic E-state index is 0.0406. The van der Waals surface area contributed by atoms with Crippen molar-refractivity contribution in [2.24, 2.45) is 0 Å². The van der Waals surface area contributed by atoms with Crippen molar-refractivity contribution in [3.63, 3.8) is 0 Å². The predicted octanol–water partition coefficient (Wildman–Crippen LogP) is 4.70. The third-order valence-electron chi connectivity index (χ3n) is 6.58. The number of piperidine rings is 1. The van der Waals surface area contributed by atoms with Gasteiger partial charge >= 0.3 is 0 Å². The van der Waals surface area contributed by atoms with Crippen molar-refractivity contribution in [3.05, 3.63) is 77.0 Å². The zero-order valence-corrected chi connectivity index (χ0v) is 22.8. The Hall–Kier alpha value is -3.46. The van der Waals surface area contributed by atoms with Crippen molar-refractivity contribution >= 4 is 23.6 Å². The summed E-state index contributed by atoms with van der Waals surface area (Å²) in [5.41, 5.74) is 3.11. The number of aryl methyl sites for hydroxylation is 1. The summed E-state index contributed by atoms with van der Waals surface area (Å²) in [6.45, 7) is 6.01. The van der Waals surface area contributed by atoms with Gasteiger partial charge < -0.3 is 24.5 Å². The second-order valence-electron chi connectivity index (χ2n) is 9.34. The lowest BCUT2D eigenvalue weighted by Gasteiger charge is -2.32. The second kappa shape index (κ2) is 13.4. The Morgan fingerprint density at radius 1 is 1.21 bits per heavy atom. The molecule has 4 rings (SSSR count). The van der Waals surface area contributed by atoms with Crippen LogP contribution in [0.4, 0.5) is 0 Å². The fourth-order valence-electron chi connectivity index (χ4n) is 4.61. The van der Waals surface area contributed by atoms with Crippen molar-refractivity contribution in [1.82, 2.24) is 15.2 Å². The van der Waals surface area contributed by atoms with E-state index in [0.29, 0.717) is 37.6 Å². The molecule has 0 spiro atoms. The first-order chi connectivity index (χ1) is 18.4. The summed E-state index contributed by atoms with van der Waals surface area (Å²) >= 11 is 1.71. The van der Waals surface area contributed by atoms with Crippen LogP contribution >= 0.6 is 11.8 Å². The maximum Gasteiger partial charge on any atom is 0.253 e. The van der Waals surface area contributed by atoms with Gasteiger partial charge in [-0.1, -0.05) is 6.07 Å². The zero-order chi connectivity index (χ0) is 26.9. The number of carbonyl (C=O) groups is 2. The molecular formula is C29H35N3O5S. The number of rotatable bonds is 11. The van der Waals surface area contributed by atoms with Crippen molar-refractivity contribution in [3.8, 4) is 11.5 Å². The summed E-state index contributed by atoms with van der Waals surface area (Å²) in [7, 11) is 0. The van der Waals surface area contributed by atoms with E-state index in [1.54, 1.807) is 36.2 Å². The first-order valence-corrected chi connectivity index (χ1v) is 14.2. The molecule has 3 aromatic rings. The standard InChI is InChI=1S/C29H35N3O5S/c1-3-36-26-17-21(7-9-25(26)33)18-27(34)32-13-10-22(11-14-32)28-24(8-6-20(2)31-28)29(35)30-12-16-38-19-23-5-4-15-37-23/h4-9,15,17,22,33H,3,10-14,16,18-19H2,1-2H3,(H,30,35). The molecule has 38 heavy (non-hydrogen) atoms. The van der Waals surface area contributed by atoms with Crippen LogP contribution in [0.15, 0.2) is 53.1 Å². The first-order valence-electron chi connectivity index (χ1n) is 13.0. The number of phenols is 1. The Morgan fingerprint density at radius 3 is 2.76 bits per heavy atom. The monoisotopic (exact) mass is 537 g/mol. The van der Waals surface area contributed by atoms with Crippen molar-refractivity contribution in [2.75, 3.05) is 32.0 Å². The van der Waals surface area contributed by atoms with Gasteiger partial charge in [-0.05, 0) is 68.7 Å². The van der Waals surface area contributed by atoms with Crippen LogP contribution in [0.5, 0.6) is 11.5 Å². The van der Waals surface area contributed by atoms with Crippen LogP contribution in [0, 0.1) is 6.92 Å². The van der Waals surface area contributed by atoms with E-state index >= 15 is 0 Å². The Morgan fingerprint density at radius 2 is 2.03 bits per heavy atom. The Labute approximate surface area is 227 Å². The molecule has 1 saturated heterocycles. The molecule has 0 radical (unpaired) electrons. The van der Waals surface area contributed by atoms with Crippen LogP contribution in [0.3, 0.4) is 0 Å². The molecule has 1 aliphatic heterocycles. The fraction of sp³-hybridized carbons (Fsp3) is 0.414. The number of furan rings is 1. The highest BCUT2D eigenvalue weighted by Crippen LogP contribution is 2.31. The number of nitrogens with one attached hydrogen (secondary N) is 1. The Balaban J connectivity index is 1.30. The minimum atomic E-state index is -0.109. The van der Waals surface area contributed by atoms with E-state index in [-0.39, 0.29) is 29.9 Å². The molecule has 3 heterocycles. The number of hydrogen-bond donors (Lipinski definition) is 2. The summed E-state index contributed by atoms with van der Waals surface area (Å²) in [6.07, 6.45) is 3.42. The lowest BCUT2D eigenvalue weighted by atomic mass is 9.89. The largest absolute Gasteiger partial charge is 0.504 e. The maximum absolute atomic E-state index is 13.0. The van der Waals surface area contributed by atoms with E-state index in [4.69, 9.17) is 14.1 Å². The van der Waals surface area contributed by atoms with E-state index in [2.05, 4.69) is 5.32 Å². The molecule has 1 aromatic carbocycles. The summed E-state index contributed by atoms with van der Waals surface area (Å²) in [4.78, 5) is 32.6.